The lowest BCUT2D eigenvalue weighted by Crippen LogP contribution is -2.49. The topological polar surface area (TPSA) is 32.8 Å². The number of rotatable bonds is 3. The monoisotopic (exact) mass is 256 g/mol. The van der Waals surface area contributed by atoms with Crippen LogP contribution in [-0.4, -0.2) is 30.2 Å². The number of carbonyl (C=O) groups excluding carboxylic acids is 1. The summed E-state index contributed by atoms with van der Waals surface area (Å²) in [5.41, 5.74) is 0.724. The molecular formula is C12H17ClN2O2. The molecule has 0 spiro atoms. The van der Waals surface area contributed by atoms with Gasteiger partial charge in [0.25, 0.3) is 0 Å². The third kappa shape index (κ3) is 3.35. The fraction of sp³-hybridized carbons (Fsp3) is 0.417. The van der Waals surface area contributed by atoms with E-state index in [4.69, 9.17) is 16.4 Å². The molecule has 0 aliphatic rings. The van der Waals surface area contributed by atoms with Gasteiger partial charge in [-0.25, -0.2) is 9.86 Å². The van der Waals surface area contributed by atoms with Gasteiger partial charge < -0.3 is 0 Å². The maximum Gasteiger partial charge on any atom is 0.349 e. The van der Waals surface area contributed by atoms with E-state index in [1.807, 2.05) is 30.3 Å². The largest absolute Gasteiger partial charge is 0.349 e. The van der Waals surface area contributed by atoms with Crippen LogP contribution in [0.1, 0.15) is 13.8 Å². The molecule has 5 heteroatoms. The number of para-hydroxylation sites is 1. The van der Waals surface area contributed by atoms with Crippen molar-refractivity contribution < 1.29 is 9.63 Å². The van der Waals surface area contributed by atoms with Gasteiger partial charge in [0.15, 0.2) is 0 Å². The summed E-state index contributed by atoms with van der Waals surface area (Å²) in [5, 5.41) is 1.14. The van der Waals surface area contributed by atoms with Gasteiger partial charge in [-0.2, -0.15) is 0 Å². The van der Waals surface area contributed by atoms with E-state index in [0.717, 1.165) is 10.8 Å². The molecule has 2 amide bonds. The molecule has 94 valence electrons. The molecule has 17 heavy (non-hydrogen) atoms. The normalized spacial score (nSPS) is 11.1. The van der Waals surface area contributed by atoms with Gasteiger partial charge in [-0.3, -0.25) is 9.74 Å². The van der Waals surface area contributed by atoms with Gasteiger partial charge in [0, 0.05) is 12.7 Å². The summed E-state index contributed by atoms with van der Waals surface area (Å²) in [7, 11) is 2.98. The fourth-order valence-corrected chi connectivity index (χ4v) is 1.61. The van der Waals surface area contributed by atoms with Gasteiger partial charge in [0.2, 0.25) is 0 Å². The Bertz CT molecular complexity index is 376. The first-order chi connectivity index (χ1) is 7.88. The summed E-state index contributed by atoms with van der Waals surface area (Å²) in [5.74, 6) is 0. The van der Waals surface area contributed by atoms with Crippen LogP contribution in [0.5, 0.6) is 0 Å². The Morgan fingerprint density at radius 1 is 1.29 bits per heavy atom. The highest BCUT2D eigenvalue weighted by Gasteiger charge is 2.32. The molecule has 1 aromatic rings. The number of nitrogens with zero attached hydrogens (tertiary/aromatic N) is 2. The first kappa shape index (κ1) is 13.8. The summed E-state index contributed by atoms with van der Waals surface area (Å²) in [6, 6.07) is 8.92. The van der Waals surface area contributed by atoms with Crippen LogP contribution < -0.4 is 4.90 Å². The predicted octanol–water partition coefficient (Wildman–Crippen LogP) is 3.08. The molecule has 1 rings (SSSR count). The third-order valence-corrected chi connectivity index (χ3v) is 2.45. The van der Waals surface area contributed by atoms with Crippen molar-refractivity contribution in [2.24, 2.45) is 0 Å². The Kier molecular flexibility index (Phi) is 4.37. The third-order valence-electron chi connectivity index (χ3n) is 2.28. The smallest absolute Gasteiger partial charge is 0.274 e. The number of hydroxylamine groups is 2. The number of amides is 2. The van der Waals surface area contributed by atoms with Crippen molar-refractivity contribution in [3.8, 4) is 0 Å². The highest BCUT2D eigenvalue weighted by molar-refractivity contribution is 6.27. The molecular weight excluding hydrogens is 240 g/mol. The molecule has 0 heterocycles. The Labute approximate surface area is 107 Å². The van der Waals surface area contributed by atoms with Crippen molar-refractivity contribution in [3.63, 3.8) is 0 Å². The minimum Gasteiger partial charge on any atom is -0.274 e. The number of anilines is 1. The van der Waals surface area contributed by atoms with Crippen LogP contribution in [0.3, 0.4) is 0 Å². The quantitative estimate of drug-likeness (QED) is 0.473. The SMILES string of the molecule is CON(C)C(=O)N(c1ccccc1)C(C)(C)Cl. The van der Waals surface area contributed by atoms with Gasteiger partial charge in [0.1, 0.15) is 5.00 Å². The van der Waals surface area contributed by atoms with Crippen LogP contribution in [0.15, 0.2) is 30.3 Å². The molecule has 0 aromatic heterocycles. The molecule has 0 fully saturated rings. The Morgan fingerprint density at radius 3 is 2.24 bits per heavy atom. The number of carbonyl (C=O) groups is 1. The second kappa shape index (κ2) is 5.38. The van der Waals surface area contributed by atoms with Gasteiger partial charge in [-0.1, -0.05) is 29.8 Å². The molecule has 4 nitrogen and oxygen atoms in total. The Morgan fingerprint density at radius 2 is 1.82 bits per heavy atom. The van der Waals surface area contributed by atoms with E-state index in [0.29, 0.717) is 0 Å². The van der Waals surface area contributed by atoms with Crippen LogP contribution >= 0.6 is 11.6 Å². The molecule has 0 aliphatic heterocycles. The summed E-state index contributed by atoms with van der Waals surface area (Å²) in [6.45, 7) is 3.51. The summed E-state index contributed by atoms with van der Waals surface area (Å²) < 4.78 is 0. The summed E-state index contributed by atoms with van der Waals surface area (Å²) in [4.78, 5) is 17.7. The van der Waals surface area contributed by atoms with Gasteiger partial charge in [0.05, 0.1) is 7.11 Å². The second-order valence-corrected chi connectivity index (χ2v) is 4.97. The highest BCUT2D eigenvalue weighted by atomic mass is 35.5. The Balaban J connectivity index is 3.10. The van der Waals surface area contributed by atoms with E-state index in [9.17, 15) is 4.79 Å². The van der Waals surface area contributed by atoms with E-state index in [1.165, 1.54) is 12.0 Å². The van der Waals surface area contributed by atoms with Crippen molar-refractivity contribution in [2.45, 2.75) is 18.8 Å². The van der Waals surface area contributed by atoms with Crippen molar-refractivity contribution >= 4 is 23.3 Å². The zero-order chi connectivity index (χ0) is 13.1. The van der Waals surface area contributed by atoms with Gasteiger partial charge >= 0.3 is 6.03 Å². The summed E-state index contributed by atoms with van der Waals surface area (Å²) in [6.07, 6.45) is 0. The van der Waals surface area contributed by atoms with Crippen LogP contribution in [0.2, 0.25) is 0 Å². The van der Waals surface area contributed by atoms with Crippen LogP contribution in [0.25, 0.3) is 0 Å². The minimum atomic E-state index is -0.842. The number of urea groups is 1. The highest BCUT2D eigenvalue weighted by Crippen LogP contribution is 2.28. The molecule has 0 saturated heterocycles. The van der Waals surface area contributed by atoms with E-state index in [2.05, 4.69) is 0 Å². The lowest BCUT2D eigenvalue weighted by atomic mass is 10.2. The fourth-order valence-electron chi connectivity index (χ4n) is 1.44. The van der Waals surface area contributed by atoms with E-state index in [-0.39, 0.29) is 6.03 Å². The molecule has 0 atom stereocenters. The zero-order valence-electron chi connectivity index (χ0n) is 10.5. The maximum atomic E-state index is 12.2. The lowest BCUT2D eigenvalue weighted by Gasteiger charge is -2.35. The van der Waals surface area contributed by atoms with Crippen molar-refractivity contribution in [2.75, 3.05) is 19.1 Å². The molecule has 0 unspecified atom stereocenters. The molecule has 0 aliphatic carbocycles. The molecule has 0 bridgehead atoms. The van der Waals surface area contributed by atoms with Gasteiger partial charge in [-0.05, 0) is 26.0 Å². The number of halogens is 1. The first-order valence-electron chi connectivity index (χ1n) is 5.24. The molecule has 1 aromatic carbocycles. The standard InChI is InChI=1S/C12H17ClN2O2/c1-12(2,13)15(11(16)14(3)17-4)10-8-6-5-7-9-10/h5-9H,1-4H3. The molecule has 0 N–H and O–H groups in total. The van der Waals surface area contributed by atoms with E-state index >= 15 is 0 Å². The number of benzene rings is 1. The number of alkyl halides is 1. The first-order valence-corrected chi connectivity index (χ1v) is 5.61. The average Bonchev–Trinajstić information content (AvgIpc) is 2.27. The van der Waals surface area contributed by atoms with Crippen LogP contribution in [-0.2, 0) is 4.84 Å². The molecule has 0 saturated carbocycles. The average molecular weight is 257 g/mol. The van der Waals surface area contributed by atoms with Crippen molar-refractivity contribution in [3.05, 3.63) is 30.3 Å². The van der Waals surface area contributed by atoms with Gasteiger partial charge in [-0.15, -0.1) is 0 Å². The lowest BCUT2D eigenvalue weighted by molar-refractivity contribution is -0.0628. The van der Waals surface area contributed by atoms with Crippen LogP contribution in [0, 0.1) is 0 Å². The zero-order valence-corrected chi connectivity index (χ0v) is 11.2. The van der Waals surface area contributed by atoms with Crippen molar-refractivity contribution in [1.82, 2.24) is 5.06 Å². The number of hydrogen-bond donors (Lipinski definition) is 0. The van der Waals surface area contributed by atoms with E-state index in [1.54, 1.807) is 20.9 Å². The Hall–Kier alpha value is -1.26. The van der Waals surface area contributed by atoms with Crippen molar-refractivity contribution in [1.29, 1.82) is 0 Å². The summed E-state index contributed by atoms with van der Waals surface area (Å²) >= 11 is 6.25. The minimum absolute atomic E-state index is 0.321. The maximum absolute atomic E-state index is 12.2. The van der Waals surface area contributed by atoms with Crippen LogP contribution in [0.4, 0.5) is 10.5 Å². The second-order valence-electron chi connectivity index (χ2n) is 4.04. The number of hydrogen-bond acceptors (Lipinski definition) is 2. The van der Waals surface area contributed by atoms with E-state index < -0.39 is 5.00 Å². The molecule has 0 radical (unpaired) electrons. The predicted molar refractivity (Wildman–Crippen MR) is 69.0 cm³/mol.